The number of halogens is 1. The highest BCUT2D eigenvalue weighted by atomic mass is 35.5. The molecule has 9 heteroatoms. The lowest BCUT2D eigenvalue weighted by Crippen LogP contribution is -2.30. The van der Waals surface area contributed by atoms with Crippen LogP contribution in [-0.2, 0) is 11.8 Å². The summed E-state index contributed by atoms with van der Waals surface area (Å²) < 4.78 is 7.92. The van der Waals surface area contributed by atoms with Crippen LogP contribution in [0.3, 0.4) is 0 Å². The molecule has 128 valence electrons. The Labute approximate surface area is 149 Å². The summed E-state index contributed by atoms with van der Waals surface area (Å²) in [4.78, 5) is 17.0. The Morgan fingerprint density at radius 3 is 2.83 bits per heavy atom. The van der Waals surface area contributed by atoms with Crippen molar-refractivity contribution in [2.75, 3.05) is 19.5 Å². The smallest absolute Gasteiger partial charge is 0.247 e. The minimum Gasteiger partial charge on any atom is -0.494 e. The Kier molecular flexibility index (Phi) is 5.76. The molecule has 2 heterocycles. The summed E-state index contributed by atoms with van der Waals surface area (Å²) >= 11 is 1.41. The lowest BCUT2D eigenvalue weighted by atomic mass is 10.1. The molecule has 0 aliphatic carbocycles. The normalized spacial score (nSPS) is 11.8. The van der Waals surface area contributed by atoms with Crippen molar-refractivity contribution < 1.29 is 9.53 Å². The minimum absolute atomic E-state index is 0. The molecule has 1 amide bonds. The highest BCUT2D eigenvalue weighted by molar-refractivity contribution is 7.22. The largest absolute Gasteiger partial charge is 0.494 e. The lowest BCUT2D eigenvalue weighted by molar-refractivity contribution is -0.118. The summed E-state index contributed by atoms with van der Waals surface area (Å²) in [6.45, 7) is 0. The minimum atomic E-state index is -0.488. The van der Waals surface area contributed by atoms with Crippen molar-refractivity contribution in [3.8, 4) is 5.75 Å². The number of ether oxygens (including phenoxy) is 1. The van der Waals surface area contributed by atoms with E-state index in [1.165, 1.54) is 11.3 Å². The maximum atomic E-state index is 12.5. The Hall–Kier alpha value is -2.16. The van der Waals surface area contributed by atoms with Crippen molar-refractivity contribution in [3.05, 3.63) is 36.2 Å². The summed E-state index contributed by atoms with van der Waals surface area (Å²) in [5.74, 6) is 0.509. The number of methoxy groups -OCH3 is 1. The van der Waals surface area contributed by atoms with Crippen LogP contribution in [0, 0.1) is 0 Å². The number of nitrogens with one attached hydrogen (secondary N) is 2. The van der Waals surface area contributed by atoms with Gasteiger partial charge in [0, 0.05) is 18.8 Å². The van der Waals surface area contributed by atoms with Gasteiger partial charge >= 0.3 is 0 Å². The molecule has 1 unspecified atom stereocenters. The second-order valence-electron chi connectivity index (χ2n) is 4.98. The lowest BCUT2D eigenvalue weighted by Gasteiger charge is -2.12. The fraction of sp³-hybridized carbons (Fsp3) is 0.267. The molecule has 0 saturated carbocycles. The van der Waals surface area contributed by atoms with Gasteiger partial charge in [0.25, 0.3) is 0 Å². The molecule has 0 aliphatic heterocycles. The number of carbonyl (C=O) groups is 1. The van der Waals surface area contributed by atoms with E-state index in [1.54, 1.807) is 25.0 Å². The van der Waals surface area contributed by atoms with Gasteiger partial charge in [0.2, 0.25) is 5.91 Å². The van der Waals surface area contributed by atoms with Crippen LogP contribution >= 0.6 is 23.7 Å². The zero-order valence-corrected chi connectivity index (χ0v) is 15.1. The standard InChI is InChI=1S/C15H17N5O2S.ClH/c1-16-12(9-7-17-20(2)8-9)14(21)19-15-18-13-10(22-3)5-4-6-11(13)23-15;/h4-8,12,16H,1-3H3,(H,18,19,21);1H. The van der Waals surface area contributed by atoms with Crippen molar-refractivity contribution in [2.45, 2.75) is 6.04 Å². The first kappa shape index (κ1) is 18.2. The van der Waals surface area contributed by atoms with Gasteiger partial charge in [0.15, 0.2) is 5.13 Å². The summed E-state index contributed by atoms with van der Waals surface area (Å²) in [6.07, 6.45) is 3.48. The molecule has 3 aromatic rings. The van der Waals surface area contributed by atoms with Crippen LogP contribution in [0.25, 0.3) is 10.2 Å². The molecular formula is C15H18ClN5O2S. The van der Waals surface area contributed by atoms with E-state index in [4.69, 9.17) is 4.74 Å². The molecule has 0 radical (unpaired) electrons. The molecule has 1 atom stereocenters. The molecule has 3 rings (SSSR count). The van der Waals surface area contributed by atoms with Gasteiger partial charge in [-0.15, -0.1) is 12.4 Å². The van der Waals surface area contributed by atoms with E-state index >= 15 is 0 Å². The SMILES string of the molecule is CNC(C(=O)Nc1nc2c(OC)cccc2s1)c1cnn(C)c1.Cl. The number of thiazole rings is 1. The second kappa shape index (κ2) is 7.61. The van der Waals surface area contributed by atoms with Gasteiger partial charge < -0.3 is 15.4 Å². The van der Waals surface area contributed by atoms with Gasteiger partial charge in [-0.2, -0.15) is 5.10 Å². The Balaban J connectivity index is 0.00000208. The number of aromatic nitrogens is 3. The van der Waals surface area contributed by atoms with Gasteiger partial charge in [-0.05, 0) is 19.2 Å². The molecule has 24 heavy (non-hydrogen) atoms. The molecule has 0 fully saturated rings. The number of likely N-dealkylation sites (N-methyl/N-ethyl adjacent to an activating group) is 1. The van der Waals surface area contributed by atoms with Gasteiger partial charge in [0.05, 0.1) is 18.0 Å². The Morgan fingerprint density at radius 1 is 1.42 bits per heavy atom. The zero-order valence-electron chi connectivity index (χ0n) is 13.4. The monoisotopic (exact) mass is 367 g/mol. The van der Waals surface area contributed by atoms with Crippen molar-refractivity contribution in [2.24, 2.45) is 7.05 Å². The number of para-hydroxylation sites is 1. The third-order valence-corrected chi connectivity index (χ3v) is 4.38. The van der Waals surface area contributed by atoms with Crippen LogP contribution in [-0.4, -0.2) is 34.8 Å². The predicted molar refractivity (Wildman–Crippen MR) is 97.1 cm³/mol. The number of amides is 1. The van der Waals surface area contributed by atoms with E-state index in [9.17, 15) is 4.79 Å². The number of aryl methyl sites for hydroxylation is 1. The average molecular weight is 368 g/mol. The fourth-order valence-electron chi connectivity index (χ4n) is 2.36. The van der Waals surface area contributed by atoms with Crippen LogP contribution in [0.4, 0.5) is 5.13 Å². The molecule has 1 aromatic carbocycles. The van der Waals surface area contributed by atoms with E-state index in [-0.39, 0.29) is 18.3 Å². The van der Waals surface area contributed by atoms with E-state index in [1.807, 2.05) is 31.4 Å². The summed E-state index contributed by atoms with van der Waals surface area (Å²) in [5, 5.41) is 10.5. The predicted octanol–water partition coefficient (Wildman–Crippen LogP) is 2.36. The number of rotatable bonds is 5. The number of nitrogens with zero attached hydrogens (tertiary/aromatic N) is 3. The van der Waals surface area contributed by atoms with Gasteiger partial charge in [0.1, 0.15) is 17.3 Å². The second-order valence-corrected chi connectivity index (χ2v) is 6.01. The van der Waals surface area contributed by atoms with Crippen molar-refractivity contribution >= 4 is 45.0 Å². The van der Waals surface area contributed by atoms with Crippen LogP contribution in [0.1, 0.15) is 11.6 Å². The van der Waals surface area contributed by atoms with Crippen LogP contribution in [0.5, 0.6) is 5.75 Å². The maximum absolute atomic E-state index is 12.5. The number of anilines is 1. The van der Waals surface area contributed by atoms with E-state index in [2.05, 4.69) is 20.7 Å². The Morgan fingerprint density at radius 2 is 2.21 bits per heavy atom. The topological polar surface area (TPSA) is 81.1 Å². The fourth-order valence-corrected chi connectivity index (χ4v) is 3.24. The van der Waals surface area contributed by atoms with Crippen molar-refractivity contribution in [3.63, 3.8) is 0 Å². The molecule has 0 spiro atoms. The molecule has 0 saturated heterocycles. The van der Waals surface area contributed by atoms with Gasteiger partial charge in [-0.1, -0.05) is 17.4 Å². The van der Waals surface area contributed by atoms with Gasteiger partial charge in [-0.3, -0.25) is 9.48 Å². The number of fused-ring (bicyclic) bond motifs is 1. The molecular weight excluding hydrogens is 350 g/mol. The third-order valence-electron chi connectivity index (χ3n) is 3.44. The molecule has 0 aliphatic rings. The first-order valence-corrected chi connectivity index (χ1v) is 7.84. The maximum Gasteiger partial charge on any atom is 0.247 e. The first-order chi connectivity index (χ1) is 11.1. The molecule has 0 bridgehead atoms. The number of benzene rings is 1. The quantitative estimate of drug-likeness (QED) is 0.723. The first-order valence-electron chi connectivity index (χ1n) is 7.02. The summed E-state index contributed by atoms with van der Waals surface area (Å²) in [6, 6.07) is 5.20. The van der Waals surface area contributed by atoms with Crippen LogP contribution in [0.2, 0.25) is 0 Å². The van der Waals surface area contributed by atoms with E-state index < -0.39 is 6.04 Å². The molecule has 2 N–H and O–H groups in total. The number of carbonyl (C=O) groups excluding carboxylic acids is 1. The number of hydrogen-bond donors (Lipinski definition) is 2. The van der Waals surface area contributed by atoms with E-state index in [0.29, 0.717) is 10.9 Å². The third kappa shape index (κ3) is 3.50. The summed E-state index contributed by atoms with van der Waals surface area (Å²) in [5.41, 5.74) is 1.55. The average Bonchev–Trinajstić information content (AvgIpc) is 3.13. The highest BCUT2D eigenvalue weighted by Crippen LogP contribution is 2.32. The zero-order chi connectivity index (χ0) is 16.4. The number of hydrogen-bond acceptors (Lipinski definition) is 6. The van der Waals surface area contributed by atoms with Crippen LogP contribution < -0.4 is 15.4 Å². The Bertz CT molecular complexity index is 847. The van der Waals surface area contributed by atoms with Crippen molar-refractivity contribution in [1.29, 1.82) is 0 Å². The summed E-state index contributed by atoms with van der Waals surface area (Å²) in [7, 11) is 5.15. The van der Waals surface area contributed by atoms with Crippen molar-refractivity contribution in [1.82, 2.24) is 20.1 Å². The molecule has 2 aromatic heterocycles. The molecule has 7 nitrogen and oxygen atoms in total. The van der Waals surface area contributed by atoms with Gasteiger partial charge in [-0.25, -0.2) is 4.98 Å². The van der Waals surface area contributed by atoms with Crippen LogP contribution in [0.15, 0.2) is 30.6 Å². The highest BCUT2D eigenvalue weighted by Gasteiger charge is 2.21. The van der Waals surface area contributed by atoms with E-state index in [0.717, 1.165) is 15.8 Å².